The van der Waals surface area contributed by atoms with Crippen LogP contribution in [0.1, 0.15) is 18.4 Å². The Morgan fingerprint density at radius 1 is 1.22 bits per heavy atom. The number of nitrogens with one attached hydrogen (secondary N) is 1. The molecule has 3 heterocycles. The summed E-state index contributed by atoms with van der Waals surface area (Å²) in [5.41, 5.74) is 1.61. The van der Waals surface area contributed by atoms with Gasteiger partial charge in [0.25, 0.3) is 0 Å². The van der Waals surface area contributed by atoms with Crippen LogP contribution >= 0.6 is 11.6 Å². The molecule has 1 aliphatic heterocycles. The summed E-state index contributed by atoms with van der Waals surface area (Å²) in [6.07, 6.45) is 5.41. The Morgan fingerprint density at radius 2 is 2.04 bits per heavy atom. The van der Waals surface area contributed by atoms with Crippen molar-refractivity contribution in [2.24, 2.45) is 5.92 Å². The molecule has 0 bridgehead atoms. The number of pyridine rings is 1. The zero-order valence-electron chi connectivity index (χ0n) is 14.4. The Hall–Kier alpha value is -2.80. The van der Waals surface area contributed by atoms with Gasteiger partial charge in [0.1, 0.15) is 5.82 Å². The summed E-state index contributed by atoms with van der Waals surface area (Å²) >= 11 is 5.73. The topological polar surface area (TPSA) is 74.8 Å². The van der Waals surface area contributed by atoms with Gasteiger partial charge in [-0.25, -0.2) is 4.39 Å². The van der Waals surface area contributed by atoms with Gasteiger partial charge >= 0.3 is 0 Å². The number of amides is 1. The number of anilines is 1. The lowest BCUT2D eigenvalue weighted by atomic mass is 9.90. The van der Waals surface area contributed by atoms with Crippen molar-refractivity contribution in [2.45, 2.75) is 19.3 Å². The fraction of sp³-hybridized carbons (Fsp3) is 0.263. The van der Waals surface area contributed by atoms with E-state index in [9.17, 15) is 9.18 Å². The minimum absolute atomic E-state index is 0.0333. The summed E-state index contributed by atoms with van der Waals surface area (Å²) in [4.78, 5) is 21.6. The highest BCUT2D eigenvalue weighted by Crippen LogP contribution is 2.27. The first-order valence-corrected chi connectivity index (χ1v) is 9.08. The number of piperidine rings is 1. The van der Waals surface area contributed by atoms with Gasteiger partial charge in [-0.05, 0) is 49.1 Å². The SMILES string of the molecule is O=C1[C@@H](Cc2ccc(Cl)c(F)c2)CCCN1c1nnc(-c2ccncc2)[nH]1. The second kappa shape index (κ2) is 7.44. The number of rotatable bonds is 4. The maximum atomic E-state index is 13.7. The van der Waals surface area contributed by atoms with Crippen molar-refractivity contribution < 1.29 is 9.18 Å². The van der Waals surface area contributed by atoms with Crippen molar-refractivity contribution in [1.82, 2.24) is 20.2 Å². The number of carbonyl (C=O) groups excluding carboxylic acids is 1. The predicted molar refractivity (Wildman–Crippen MR) is 99.8 cm³/mol. The molecule has 6 nitrogen and oxygen atoms in total. The van der Waals surface area contributed by atoms with Crippen LogP contribution in [0.5, 0.6) is 0 Å². The zero-order valence-corrected chi connectivity index (χ0v) is 15.2. The summed E-state index contributed by atoms with van der Waals surface area (Å²) in [6.45, 7) is 0.579. The lowest BCUT2D eigenvalue weighted by Crippen LogP contribution is -2.42. The summed E-state index contributed by atoms with van der Waals surface area (Å²) in [6, 6.07) is 8.31. The first kappa shape index (κ1) is 17.6. The Balaban J connectivity index is 1.52. The normalized spacial score (nSPS) is 17.3. The van der Waals surface area contributed by atoms with E-state index in [2.05, 4.69) is 20.2 Å². The van der Waals surface area contributed by atoms with Crippen LogP contribution in [0.2, 0.25) is 5.02 Å². The second-order valence-corrected chi connectivity index (χ2v) is 6.92. The van der Waals surface area contributed by atoms with Crippen molar-refractivity contribution >= 4 is 23.5 Å². The standard InChI is InChI=1S/C19H17ClFN5O/c20-15-4-3-12(11-16(15)21)10-14-2-1-9-26(18(14)27)19-23-17(24-25-19)13-5-7-22-8-6-13/h3-8,11,14H,1-2,9-10H2,(H,23,24,25)/t14-/m1/s1. The smallest absolute Gasteiger partial charge is 0.232 e. The van der Waals surface area contributed by atoms with E-state index < -0.39 is 5.82 Å². The Morgan fingerprint density at radius 3 is 2.81 bits per heavy atom. The molecule has 0 unspecified atom stereocenters. The first-order chi connectivity index (χ1) is 13.1. The summed E-state index contributed by atoms with van der Waals surface area (Å²) in [5.74, 6) is 0.287. The number of benzene rings is 1. The quantitative estimate of drug-likeness (QED) is 0.744. The van der Waals surface area contributed by atoms with Gasteiger partial charge in [-0.1, -0.05) is 17.7 Å². The van der Waals surface area contributed by atoms with Crippen molar-refractivity contribution in [1.29, 1.82) is 0 Å². The third-order valence-electron chi connectivity index (χ3n) is 4.70. The molecule has 1 aliphatic rings. The number of aromatic amines is 1. The Bertz CT molecular complexity index is 962. The van der Waals surface area contributed by atoms with E-state index in [1.807, 2.05) is 12.1 Å². The number of H-pyrrole nitrogens is 1. The van der Waals surface area contributed by atoms with Gasteiger partial charge in [0, 0.05) is 30.4 Å². The molecule has 1 aromatic carbocycles. The molecule has 27 heavy (non-hydrogen) atoms. The van der Waals surface area contributed by atoms with E-state index in [1.165, 1.54) is 12.1 Å². The largest absolute Gasteiger partial charge is 0.307 e. The molecule has 2 aromatic heterocycles. The average molecular weight is 386 g/mol. The van der Waals surface area contributed by atoms with Gasteiger partial charge in [0.15, 0.2) is 5.82 Å². The van der Waals surface area contributed by atoms with Crippen molar-refractivity contribution in [3.05, 3.63) is 59.1 Å². The fourth-order valence-corrected chi connectivity index (χ4v) is 3.43. The molecule has 4 rings (SSSR count). The molecule has 1 N–H and O–H groups in total. The van der Waals surface area contributed by atoms with Gasteiger partial charge in [-0.2, -0.15) is 0 Å². The van der Waals surface area contributed by atoms with Crippen LogP contribution in [0, 0.1) is 11.7 Å². The maximum absolute atomic E-state index is 13.7. The Labute approximate surface area is 160 Å². The minimum atomic E-state index is -0.466. The Kier molecular flexibility index (Phi) is 4.85. The lowest BCUT2D eigenvalue weighted by molar-refractivity contribution is -0.123. The van der Waals surface area contributed by atoms with Crippen LogP contribution in [-0.4, -0.2) is 32.6 Å². The third-order valence-corrected chi connectivity index (χ3v) is 5.01. The van der Waals surface area contributed by atoms with Crippen LogP contribution < -0.4 is 4.90 Å². The summed E-state index contributed by atoms with van der Waals surface area (Å²) in [5, 5.41) is 8.35. The van der Waals surface area contributed by atoms with Crippen LogP contribution in [0.25, 0.3) is 11.4 Å². The molecular weight excluding hydrogens is 369 g/mol. The molecule has 1 fully saturated rings. The van der Waals surface area contributed by atoms with Gasteiger partial charge in [0.2, 0.25) is 11.9 Å². The first-order valence-electron chi connectivity index (χ1n) is 8.70. The van der Waals surface area contributed by atoms with Crippen molar-refractivity contribution in [3.63, 3.8) is 0 Å². The highest BCUT2D eigenvalue weighted by atomic mass is 35.5. The average Bonchev–Trinajstić information content (AvgIpc) is 3.17. The van der Waals surface area contributed by atoms with Crippen molar-refractivity contribution in [3.8, 4) is 11.4 Å². The van der Waals surface area contributed by atoms with Crippen LogP contribution in [-0.2, 0) is 11.2 Å². The highest BCUT2D eigenvalue weighted by molar-refractivity contribution is 6.30. The minimum Gasteiger partial charge on any atom is -0.307 e. The number of aromatic nitrogens is 4. The van der Waals surface area contributed by atoms with Crippen LogP contribution in [0.3, 0.4) is 0 Å². The van der Waals surface area contributed by atoms with E-state index in [0.717, 1.165) is 24.0 Å². The molecule has 138 valence electrons. The lowest BCUT2D eigenvalue weighted by Gasteiger charge is -2.30. The van der Waals surface area contributed by atoms with Gasteiger partial charge < -0.3 is 4.98 Å². The number of halogens is 2. The molecule has 0 radical (unpaired) electrons. The summed E-state index contributed by atoms with van der Waals surface area (Å²) < 4.78 is 13.7. The van der Waals surface area contributed by atoms with Gasteiger partial charge in [-0.3, -0.25) is 14.7 Å². The van der Waals surface area contributed by atoms with E-state index >= 15 is 0 Å². The molecular formula is C19H17ClFN5O. The summed E-state index contributed by atoms with van der Waals surface area (Å²) in [7, 11) is 0. The number of hydrogen-bond acceptors (Lipinski definition) is 4. The molecule has 0 spiro atoms. The molecule has 3 aromatic rings. The van der Waals surface area contributed by atoms with Crippen molar-refractivity contribution in [2.75, 3.05) is 11.4 Å². The molecule has 1 amide bonds. The molecule has 8 heteroatoms. The maximum Gasteiger partial charge on any atom is 0.232 e. The van der Waals surface area contributed by atoms with E-state index in [1.54, 1.807) is 23.4 Å². The number of carbonyl (C=O) groups is 1. The van der Waals surface area contributed by atoms with E-state index in [4.69, 9.17) is 11.6 Å². The van der Waals surface area contributed by atoms with Gasteiger partial charge in [0.05, 0.1) is 5.02 Å². The van der Waals surface area contributed by atoms with E-state index in [-0.39, 0.29) is 16.8 Å². The number of hydrogen-bond donors (Lipinski definition) is 1. The predicted octanol–water partition coefficient (Wildman–Crippen LogP) is 3.64. The van der Waals surface area contributed by atoms with Crippen LogP contribution in [0.15, 0.2) is 42.7 Å². The third kappa shape index (κ3) is 3.68. The molecule has 1 atom stereocenters. The highest BCUT2D eigenvalue weighted by Gasteiger charge is 2.31. The monoisotopic (exact) mass is 385 g/mol. The number of nitrogens with zero attached hydrogens (tertiary/aromatic N) is 4. The second-order valence-electron chi connectivity index (χ2n) is 6.51. The zero-order chi connectivity index (χ0) is 18.8. The molecule has 0 aliphatic carbocycles. The van der Waals surface area contributed by atoms with E-state index in [0.29, 0.717) is 24.7 Å². The van der Waals surface area contributed by atoms with Crippen LogP contribution in [0.4, 0.5) is 10.3 Å². The van der Waals surface area contributed by atoms with Gasteiger partial charge in [-0.15, -0.1) is 10.2 Å². The molecule has 0 saturated carbocycles. The fourth-order valence-electron chi connectivity index (χ4n) is 3.32. The molecule has 1 saturated heterocycles.